The number of carbonyl (C=O) groups excluding carboxylic acids is 2. The van der Waals surface area contributed by atoms with Gasteiger partial charge in [-0.3, -0.25) is 14.4 Å². The van der Waals surface area contributed by atoms with Crippen molar-refractivity contribution in [1.82, 2.24) is 20.6 Å². The Labute approximate surface area is 161 Å². The first-order valence-corrected chi connectivity index (χ1v) is 9.39. The third-order valence-corrected chi connectivity index (χ3v) is 4.94. The lowest BCUT2D eigenvalue weighted by Crippen LogP contribution is -2.41. The fourth-order valence-electron chi connectivity index (χ4n) is 3.40. The average Bonchev–Trinajstić information content (AvgIpc) is 2.68. The van der Waals surface area contributed by atoms with Crippen molar-refractivity contribution in [2.24, 2.45) is 5.92 Å². The SMILES string of the molecule is O=C(NC1CCC(C(=O)NCCc2cc(=O)[nH]cn2)CC1)c1cccc(F)c1. The first-order chi connectivity index (χ1) is 13.5. The van der Waals surface area contributed by atoms with Crippen molar-refractivity contribution < 1.29 is 14.0 Å². The van der Waals surface area contributed by atoms with E-state index in [1.54, 1.807) is 6.07 Å². The molecule has 3 rings (SSSR count). The van der Waals surface area contributed by atoms with Gasteiger partial charge in [-0.15, -0.1) is 0 Å². The van der Waals surface area contributed by atoms with Crippen molar-refractivity contribution in [2.75, 3.05) is 6.54 Å². The summed E-state index contributed by atoms with van der Waals surface area (Å²) in [4.78, 5) is 42.2. The molecule has 0 radical (unpaired) electrons. The number of aromatic amines is 1. The lowest BCUT2D eigenvalue weighted by molar-refractivity contribution is -0.126. The van der Waals surface area contributed by atoms with Gasteiger partial charge in [-0.05, 0) is 43.9 Å². The van der Waals surface area contributed by atoms with E-state index in [9.17, 15) is 18.8 Å². The minimum atomic E-state index is -0.441. The topological polar surface area (TPSA) is 104 Å². The molecule has 0 saturated heterocycles. The van der Waals surface area contributed by atoms with Crippen LogP contribution in [0.15, 0.2) is 41.5 Å². The van der Waals surface area contributed by atoms with Crippen molar-refractivity contribution >= 4 is 11.8 Å². The Bertz CT molecular complexity index is 891. The minimum Gasteiger partial charge on any atom is -0.355 e. The summed E-state index contributed by atoms with van der Waals surface area (Å²) >= 11 is 0. The molecule has 28 heavy (non-hydrogen) atoms. The van der Waals surface area contributed by atoms with Crippen LogP contribution in [0.3, 0.4) is 0 Å². The monoisotopic (exact) mass is 386 g/mol. The third kappa shape index (κ3) is 5.48. The number of halogens is 1. The highest BCUT2D eigenvalue weighted by atomic mass is 19.1. The highest BCUT2D eigenvalue weighted by Gasteiger charge is 2.27. The molecule has 1 aromatic heterocycles. The van der Waals surface area contributed by atoms with Crippen molar-refractivity contribution in [3.05, 3.63) is 64.1 Å². The van der Waals surface area contributed by atoms with Gasteiger partial charge in [0, 0.05) is 42.2 Å². The summed E-state index contributed by atoms with van der Waals surface area (Å²) < 4.78 is 13.2. The standard InChI is InChI=1S/C20H23FN4O3/c21-15-3-1-2-14(10-15)20(28)25-16-6-4-13(5-7-16)19(27)22-9-8-17-11-18(26)24-12-23-17/h1-3,10-13,16H,4-9H2,(H,22,27)(H,25,28)(H,23,24,26). The van der Waals surface area contributed by atoms with E-state index in [0.29, 0.717) is 49.9 Å². The predicted molar refractivity (Wildman–Crippen MR) is 101 cm³/mol. The molecule has 0 spiro atoms. The summed E-state index contributed by atoms with van der Waals surface area (Å²) in [7, 11) is 0. The highest BCUT2D eigenvalue weighted by molar-refractivity contribution is 5.94. The number of carbonyl (C=O) groups is 2. The number of nitrogens with one attached hydrogen (secondary N) is 3. The highest BCUT2D eigenvalue weighted by Crippen LogP contribution is 2.24. The number of H-pyrrole nitrogens is 1. The van der Waals surface area contributed by atoms with Crippen LogP contribution in [0.4, 0.5) is 4.39 Å². The smallest absolute Gasteiger partial charge is 0.251 e. The first kappa shape index (κ1) is 19.7. The van der Waals surface area contributed by atoms with Crippen LogP contribution in [-0.2, 0) is 11.2 Å². The summed E-state index contributed by atoms with van der Waals surface area (Å²) in [6.45, 7) is 0.422. The Balaban J connectivity index is 1.40. The van der Waals surface area contributed by atoms with Crippen LogP contribution < -0.4 is 16.2 Å². The van der Waals surface area contributed by atoms with E-state index >= 15 is 0 Å². The van der Waals surface area contributed by atoms with Gasteiger partial charge in [0.1, 0.15) is 5.82 Å². The zero-order valence-corrected chi connectivity index (χ0v) is 15.4. The maximum Gasteiger partial charge on any atom is 0.251 e. The number of hydrogen-bond donors (Lipinski definition) is 3. The Morgan fingerprint density at radius 3 is 2.68 bits per heavy atom. The summed E-state index contributed by atoms with van der Waals surface area (Å²) in [6.07, 6.45) is 4.61. The van der Waals surface area contributed by atoms with Gasteiger partial charge < -0.3 is 15.6 Å². The molecule has 0 aliphatic heterocycles. The van der Waals surface area contributed by atoms with Crippen molar-refractivity contribution in [1.29, 1.82) is 0 Å². The van der Waals surface area contributed by atoms with Gasteiger partial charge in [0.2, 0.25) is 5.91 Å². The van der Waals surface area contributed by atoms with Gasteiger partial charge in [0.05, 0.1) is 6.33 Å². The normalized spacial score (nSPS) is 19.0. The molecule has 2 amide bonds. The first-order valence-electron chi connectivity index (χ1n) is 9.39. The van der Waals surface area contributed by atoms with E-state index in [2.05, 4.69) is 20.6 Å². The Kier molecular flexibility index (Phi) is 6.52. The Morgan fingerprint density at radius 1 is 1.18 bits per heavy atom. The number of aromatic nitrogens is 2. The van der Waals surface area contributed by atoms with E-state index in [1.807, 2.05) is 0 Å². The van der Waals surface area contributed by atoms with E-state index in [-0.39, 0.29) is 29.3 Å². The summed E-state index contributed by atoms with van der Waals surface area (Å²) in [5.41, 5.74) is 0.719. The van der Waals surface area contributed by atoms with Gasteiger partial charge in [-0.1, -0.05) is 6.07 Å². The number of hydrogen-bond acceptors (Lipinski definition) is 4. The lowest BCUT2D eigenvalue weighted by atomic mass is 9.85. The molecule has 7 nitrogen and oxygen atoms in total. The molecule has 1 aromatic carbocycles. The lowest BCUT2D eigenvalue weighted by Gasteiger charge is -2.28. The maximum atomic E-state index is 13.2. The quantitative estimate of drug-likeness (QED) is 0.701. The van der Waals surface area contributed by atoms with E-state index in [4.69, 9.17) is 0 Å². The Hall–Kier alpha value is -3.03. The van der Waals surface area contributed by atoms with Gasteiger partial charge in [0.25, 0.3) is 11.5 Å². The summed E-state index contributed by atoms with van der Waals surface area (Å²) in [5.74, 6) is -0.838. The average molecular weight is 386 g/mol. The molecule has 148 valence electrons. The molecule has 1 aliphatic rings. The van der Waals surface area contributed by atoms with Gasteiger partial charge in [0.15, 0.2) is 0 Å². The molecule has 1 saturated carbocycles. The van der Waals surface area contributed by atoms with Crippen LogP contribution in [0, 0.1) is 11.7 Å². The van der Waals surface area contributed by atoms with Gasteiger partial charge >= 0.3 is 0 Å². The second kappa shape index (κ2) is 9.25. The van der Waals surface area contributed by atoms with Crippen molar-refractivity contribution in [3.8, 4) is 0 Å². The van der Waals surface area contributed by atoms with Crippen LogP contribution in [0.25, 0.3) is 0 Å². The van der Waals surface area contributed by atoms with Crippen molar-refractivity contribution in [3.63, 3.8) is 0 Å². The largest absolute Gasteiger partial charge is 0.355 e. The van der Waals surface area contributed by atoms with Crippen LogP contribution in [0.1, 0.15) is 41.7 Å². The molecule has 8 heteroatoms. The van der Waals surface area contributed by atoms with Crippen molar-refractivity contribution in [2.45, 2.75) is 38.1 Å². The summed E-state index contributed by atoms with van der Waals surface area (Å²) in [6, 6.07) is 6.99. The second-order valence-corrected chi connectivity index (χ2v) is 6.98. The predicted octanol–water partition coefficient (Wildman–Crippen LogP) is 1.56. The van der Waals surface area contributed by atoms with E-state index < -0.39 is 5.82 Å². The van der Waals surface area contributed by atoms with E-state index in [0.717, 1.165) is 0 Å². The molecular formula is C20H23FN4O3. The number of rotatable bonds is 6. The molecule has 1 aliphatic carbocycles. The molecular weight excluding hydrogens is 363 g/mol. The van der Waals surface area contributed by atoms with E-state index in [1.165, 1.54) is 30.6 Å². The zero-order chi connectivity index (χ0) is 19.9. The number of benzene rings is 1. The molecule has 0 unspecified atom stereocenters. The molecule has 1 fully saturated rings. The van der Waals surface area contributed by atoms with Crippen LogP contribution in [0.2, 0.25) is 0 Å². The Morgan fingerprint density at radius 2 is 1.96 bits per heavy atom. The zero-order valence-electron chi connectivity index (χ0n) is 15.4. The molecule has 3 N–H and O–H groups in total. The fourth-order valence-corrected chi connectivity index (χ4v) is 3.40. The van der Waals surface area contributed by atoms with Crippen LogP contribution in [-0.4, -0.2) is 34.4 Å². The fraction of sp³-hybridized carbons (Fsp3) is 0.400. The van der Waals surface area contributed by atoms with Crippen LogP contribution in [0.5, 0.6) is 0 Å². The maximum absolute atomic E-state index is 13.2. The molecule has 1 heterocycles. The van der Waals surface area contributed by atoms with Gasteiger partial charge in [-0.2, -0.15) is 0 Å². The second-order valence-electron chi connectivity index (χ2n) is 6.98. The van der Waals surface area contributed by atoms with Gasteiger partial charge in [-0.25, -0.2) is 9.37 Å². The number of amides is 2. The number of nitrogens with zero attached hydrogens (tertiary/aromatic N) is 1. The van der Waals surface area contributed by atoms with Crippen LogP contribution >= 0.6 is 0 Å². The summed E-state index contributed by atoms with van der Waals surface area (Å²) in [5, 5.41) is 5.80. The molecule has 0 atom stereocenters. The molecule has 2 aromatic rings. The molecule has 0 bridgehead atoms. The minimum absolute atomic E-state index is 0.0138. The third-order valence-electron chi connectivity index (χ3n) is 4.94.